The van der Waals surface area contributed by atoms with E-state index in [0.717, 1.165) is 17.9 Å². The first kappa shape index (κ1) is 10.5. The molecule has 0 aromatic carbocycles. The van der Waals surface area contributed by atoms with Crippen LogP contribution in [-0.4, -0.2) is 15.8 Å². The quantitative estimate of drug-likeness (QED) is 0.683. The maximum Gasteiger partial charge on any atom is 0.129 e. The molecule has 1 heterocycles. The van der Waals surface area contributed by atoms with E-state index in [2.05, 4.69) is 30.7 Å². The summed E-state index contributed by atoms with van der Waals surface area (Å²) in [7, 11) is 0. The molecule has 0 N–H and O–H groups in total. The number of aryl methyl sites for hydroxylation is 1. The van der Waals surface area contributed by atoms with Crippen LogP contribution in [0.5, 0.6) is 0 Å². The first-order chi connectivity index (χ1) is 6.04. The van der Waals surface area contributed by atoms with Crippen LogP contribution in [0.4, 0.5) is 0 Å². The summed E-state index contributed by atoms with van der Waals surface area (Å²) >= 11 is 5.62. The zero-order valence-corrected chi connectivity index (χ0v) is 9.10. The van der Waals surface area contributed by atoms with Crippen molar-refractivity contribution in [2.24, 2.45) is 0 Å². The topological polar surface area (TPSA) is 25.8 Å². The molecule has 0 aliphatic carbocycles. The lowest BCUT2D eigenvalue weighted by Gasteiger charge is -2.17. The fourth-order valence-corrected chi connectivity index (χ4v) is 1.19. The summed E-state index contributed by atoms with van der Waals surface area (Å²) in [5, 5.41) is 0. The largest absolute Gasteiger partial charge is 0.241 e. The molecule has 13 heavy (non-hydrogen) atoms. The van der Waals surface area contributed by atoms with Gasteiger partial charge in [-0.3, -0.25) is 0 Å². The molecule has 1 aromatic rings. The van der Waals surface area contributed by atoms with Crippen LogP contribution in [0.3, 0.4) is 0 Å². The normalized spacial score (nSPS) is 11.7. The first-order valence-electron chi connectivity index (χ1n) is 4.42. The number of aromatic nitrogens is 2. The fourth-order valence-electron chi connectivity index (χ4n) is 1.02. The maximum atomic E-state index is 5.62. The molecule has 0 spiro atoms. The number of alkyl halides is 1. The van der Waals surface area contributed by atoms with Gasteiger partial charge in [-0.2, -0.15) is 0 Å². The second-order valence-corrected chi connectivity index (χ2v) is 4.43. The Hall–Kier alpha value is -0.630. The van der Waals surface area contributed by atoms with Gasteiger partial charge in [0, 0.05) is 29.6 Å². The van der Waals surface area contributed by atoms with Crippen LogP contribution >= 0.6 is 11.6 Å². The van der Waals surface area contributed by atoms with Gasteiger partial charge in [-0.05, 0) is 6.07 Å². The van der Waals surface area contributed by atoms with Crippen molar-refractivity contribution in [3.63, 3.8) is 0 Å². The van der Waals surface area contributed by atoms with Crippen molar-refractivity contribution in [2.75, 3.05) is 5.88 Å². The van der Waals surface area contributed by atoms with E-state index in [1.807, 2.05) is 6.07 Å². The smallest absolute Gasteiger partial charge is 0.129 e. The number of hydrogen-bond donors (Lipinski definition) is 0. The zero-order chi connectivity index (χ0) is 9.90. The van der Waals surface area contributed by atoms with Gasteiger partial charge in [-0.15, -0.1) is 11.6 Å². The van der Waals surface area contributed by atoms with E-state index in [0.29, 0.717) is 5.88 Å². The van der Waals surface area contributed by atoms with E-state index >= 15 is 0 Å². The van der Waals surface area contributed by atoms with E-state index in [1.165, 1.54) is 0 Å². The molecule has 0 saturated carbocycles. The highest BCUT2D eigenvalue weighted by molar-refractivity contribution is 6.17. The zero-order valence-electron chi connectivity index (χ0n) is 8.34. The molecule has 2 nitrogen and oxygen atoms in total. The predicted octanol–water partition coefficient (Wildman–Crippen LogP) is 2.56. The van der Waals surface area contributed by atoms with Gasteiger partial charge in [0.1, 0.15) is 5.82 Å². The van der Waals surface area contributed by atoms with Gasteiger partial charge in [0.25, 0.3) is 0 Å². The molecule has 0 unspecified atom stereocenters. The van der Waals surface area contributed by atoms with Gasteiger partial charge < -0.3 is 0 Å². The van der Waals surface area contributed by atoms with E-state index in [9.17, 15) is 0 Å². The highest BCUT2D eigenvalue weighted by atomic mass is 35.5. The Morgan fingerprint density at radius 1 is 1.38 bits per heavy atom. The Balaban J connectivity index is 2.92. The Morgan fingerprint density at radius 2 is 2.08 bits per heavy atom. The van der Waals surface area contributed by atoms with Crippen molar-refractivity contribution in [1.82, 2.24) is 9.97 Å². The van der Waals surface area contributed by atoms with E-state index in [4.69, 9.17) is 11.6 Å². The van der Waals surface area contributed by atoms with Crippen LogP contribution in [0, 0.1) is 0 Å². The second kappa shape index (κ2) is 4.05. The molecule has 0 bridgehead atoms. The summed E-state index contributed by atoms with van der Waals surface area (Å²) in [5.41, 5.74) is 1.16. The number of hydrogen-bond acceptors (Lipinski definition) is 2. The monoisotopic (exact) mass is 198 g/mol. The minimum Gasteiger partial charge on any atom is -0.241 e. The maximum absolute atomic E-state index is 5.62. The van der Waals surface area contributed by atoms with E-state index in [-0.39, 0.29) is 5.41 Å². The lowest BCUT2D eigenvalue weighted by Crippen LogP contribution is -2.15. The van der Waals surface area contributed by atoms with Crippen LogP contribution in [0.15, 0.2) is 12.3 Å². The third kappa shape index (κ3) is 2.96. The molecule has 72 valence electrons. The lowest BCUT2D eigenvalue weighted by atomic mass is 9.92. The summed E-state index contributed by atoms with van der Waals surface area (Å²) in [4.78, 5) is 8.59. The first-order valence-corrected chi connectivity index (χ1v) is 4.96. The van der Waals surface area contributed by atoms with Crippen LogP contribution in [0.1, 0.15) is 32.3 Å². The van der Waals surface area contributed by atoms with Gasteiger partial charge in [-0.25, -0.2) is 9.97 Å². The Bertz CT molecular complexity index is 278. The molecule has 0 aliphatic rings. The Morgan fingerprint density at radius 3 is 2.62 bits per heavy atom. The van der Waals surface area contributed by atoms with Crippen LogP contribution < -0.4 is 0 Å². The summed E-state index contributed by atoms with van der Waals surface area (Å²) in [6.07, 6.45) is 2.54. The number of rotatable bonds is 2. The molecule has 0 fully saturated rings. The standard InChI is InChI=1S/C10H15ClN2/c1-10(2,3)8-5-7-12-9(13-8)4-6-11/h5,7H,4,6H2,1-3H3. The molecule has 0 radical (unpaired) electrons. The van der Waals surface area contributed by atoms with Crippen molar-refractivity contribution < 1.29 is 0 Å². The van der Waals surface area contributed by atoms with E-state index < -0.39 is 0 Å². The highest BCUT2D eigenvalue weighted by Gasteiger charge is 2.15. The third-order valence-corrected chi connectivity index (χ3v) is 1.98. The van der Waals surface area contributed by atoms with Crippen LogP contribution in [0.2, 0.25) is 0 Å². The summed E-state index contributed by atoms with van der Waals surface area (Å²) in [6, 6.07) is 1.96. The van der Waals surface area contributed by atoms with Gasteiger partial charge in [0.05, 0.1) is 0 Å². The van der Waals surface area contributed by atoms with Gasteiger partial charge in [-0.1, -0.05) is 20.8 Å². The number of nitrogens with zero attached hydrogens (tertiary/aromatic N) is 2. The molecule has 1 aromatic heterocycles. The van der Waals surface area contributed by atoms with Crippen molar-refractivity contribution >= 4 is 11.6 Å². The summed E-state index contributed by atoms with van der Waals surface area (Å²) in [5.74, 6) is 1.41. The van der Waals surface area contributed by atoms with Crippen molar-refractivity contribution in [3.8, 4) is 0 Å². The van der Waals surface area contributed by atoms with Gasteiger partial charge in [0.2, 0.25) is 0 Å². The molecular weight excluding hydrogens is 184 g/mol. The Labute approximate surface area is 84.4 Å². The minimum absolute atomic E-state index is 0.0873. The fraction of sp³-hybridized carbons (Fsp3) is 0.600. The van der Waals surface area contributed by atoms with Gasteiger partial charge >= 0.3 is 0 Å². The highest BCUT2D eigenvalue weighted by Crippen LogP contribution is 2.19. The van der Waals surface area contributed by atoms with Gasteiger partial charge in [0.15, 0.2) is 0 Å². The van der Waals surface area contributed by atoms with Crippen LogP contribution in [0.25, 0.3) is 0 Å². The molecular formula is C10H15ClN2. The molecule has 1 rings (SSSR count). The molecule has 0 saturated heterocycles. The lowest BCUT2D eigenvalue weighted by molar-refractivity contribution is 0.562. The predicted molar refractivity (Wildman–Crippen MR) is 55.2 cm³/mol. The Kier molecular flexibility index (Phi) is 3.26. The summed E-state index contributed by atoms with van der Waals surface area (Å²) in [6.45, 7) is 6.42. The summed E-state index contributed by atoms with van der Waals surface area (Å²) < 4.78 is 0. The SMILES string of the molecule is CC(C)(C)c1ccnc(CCCl)n1. The van der Waals surface area contributed by atoms with Crippen molar-refractivity contribution in [1.29, 1.82) is 0 Å². The minimum atomic E-state index is 0.0873. The van der Waals surface area contributed by atoms with Crippen molar-refractivity contribution in [3.05, 3.63) is 23.8 Å². The third-order valence-electron chi connectivity index (χ3n) is 1.79. The average Bonchev–Trinajstić information content (AvgIpc) is 2.04. The average molecular weight is 199 g/mol. The van der Waals surface area contributed by atoms with E-state index in [1.54, 1.807) is 6.20 Å². The second-order valence-electron chi connectivity index (χ2n) is 4.05. The molecule has 0 amide bonds. The van der Waals surface area contributed by atoms with Crippen LogP contribution in [-0.2, 0) is 11.8 Å². The molecule has 0 atom stereocenters. The molecule has 0 aliphatic heterocycles. The number of halogens is 1. The van der Waals surface area contributed by atoms with Crippen molar-refractivity contribution in [2.45, 2.75) is 32.6 Å². The molecule has 3 heteroatoms.